The van der Waals surface area contributed by atoms with Gasteiger partial charge in [-0.3, -0.25) is 4.99 Å². The van der Waals surface area contributed by atoms with Crippen LogP contribution in [-0.2, 0) is 9.47 Å². The summed E-state index contributed by atoms with van der Waals surface area (Å²) in [6, 6.07) is 4.96. The number of hydrogen-bond acceptors (Lipinski definition) is 12. The van der Waals surface area contributed by atoms with Crippen LogP contribution in [0.2, 0.25) is 5.02 Å². The standard InChI is InChI=1S/C19H21ClN10O2/c1-23-6-11(5-22)25-19-24-7-12(20)18(28-19)27-14-9-32-16-13(8-31-17(14)16)26-15-3-2-10(4-21)29-30-15/h2-3,5-7,13-14,16-17H,8-9,22H2,1H3,(H,26,30)(H2,24,25,27,28). The maximum atomic E-state index is 8.85. The zero-order chi connectivity index (χ0) is 22.5. The highest BCUT2D eigenvalue weighted by molar-refractivity contribution is 6.32. The summed E-state index contributed by atoms with van der Waals surface area (Å²) in [5.74, 6) is 1.31. The number of rotatable bonds is 7. The quantitative estimate of drug-likeness (QED) is 0.434. The average molecular weight is 457 g/mol. The second kappa shape index (κ2) is 9.73. The van der Waals surface area contributed by atoms with E-state index in [-0.39, 0.29) is 30.0 Å². The van der Waals surface area contributed by atoms with Gasteiger partial charge in [0.1, 0.15) is 29.1 Å². The molecule has 32 heavy (non-hydrogen) atoms. The highest BCUT2D eigenvalue weighted by atomic mass is 35.5. The first-order chi connectivity index (χ1) is 15.6. The number of nitrogens with two attached hydrogens (primary N) is 1. The molecule has 2 fully saturated rings. The van der Waals surface area contributed by atoms with Gasteiger partial charge in [-0.2, -0.15) is 10.2 Å². The molecule has 2 aromatic heterocycles. The monoisotopic (exact) mass is 456 g/mol. The van der Waals surface area contributed by atoms with E-state index in [1.165, 1.54) is 12.4 Å². The van der Waals surface area contributed by atoms with Crippen LogP contribution >= 0.6 is 11.6 Å². The molecule has 0 saturated carbocycles. The molecule has 0 spiro atoms. The molecule has 0 radical (unpaired) electrons. The van der Waals surface area contributed by atoms with E-state index in [1.54, 1.807) is 25.4 Å². The lowest BCUT2D eigenvalue weighted by Crippen LogP contribution is -2.38. The average Bonchev–Trinajstić information content (AvgIpc) is 3.39. The lowest BCUT2D eigenvalue weighted by atomic mass is 10.1. The number of ether oxygens (including phenoxy) is 2. The van der Waals surface area contributed by atoms with Crippen molar-refractivity contribution < 1.29 is 9.47 Å². The molecular weight excluding hydrogens is 436 g/mol. The molecular formula is C19H21ClN10O2. The number of aliphatic imine (C=N–C) groups is 1. The van der Waals surface area contributed by atoms with E-state index in [9.17, 15) is 0 Å². The zero-order valence-corrected chi connectivity index (χ0v) is 17.8. The van der Waals surface area contributed by atoms with Crippen molar-refractivity contribution >= 4 is 35.4 Å². The molecule has 2 saturated heterocycles. The molecule has 4 atom stereocenters. The van der Waals surface area contributed by atoms with Crippen molar-refractivity contribution in [3.05, 3.63) is 40.9 Å². The Morgan fingerprint density at radius 1 is 1.25 bits per heavy atom. The van der Waals surface area contributed by atoms with Gasteiger partial charge in [-0.15, -0.1) is 10.2 Å². The number of aromatic nitrogens is 4. The summed E-state index contributed by atoms with van der Waals surface area (Å²) in [5.41, 5.74) is 6.37. The molecule has 2 aliphatic heterocycles. The predicted molar refractivity (Wildman–Crippen MR) is 118 cm³/mol. The highest BCUT2D eigenvalue weighted by Crippen LogP contribution is 2.31. The van der Waals surface area contributed by atoms with E-state index < -0.39 is 0 Å². The predicted octanol–water partition coefficient (Wildman–Crippen LogP) is 0.763. The summed E-state index contributed by atoms with van der Waals surface area (Å²) in [7, 11) is 1.63. The Hall–Kier alpha value is -3.53. The van der Waals surface area contributed by atoms with E-state index in [0.717, 1.165) is 0 Å². The number of nitrogens with one attached hydrogen (secondary N) is 3. The molecule has 4 unspecified atom stereocenters. The third kappa shape index (κ3) is 4.70. The summed E-state index contributed by atoms with van der Waals surface area (Å²) >= 11 is 6.30. The van der Waals surface area contributed by atoms with Gasteiger partial charge < -0.3 is 31.2 Å². The zero-order valence-electron chi connectivity index (χ0n) is 17.1. The number of anilines is 3. The number of fused-ring (bicyclic) bond motifs is 1. The maximum Gasteiger partial charge on any atom is 0.229 e. The summed E-state index contributed by atoms with van der Waals surface area (Å²) in [4.78, 5) is 12.5. The molecule has 166 valence electrons. The van der Waals surface area contributed by atoms with Crippen molar-refractivity contribution in [2.75, 3.05) is 36.2 Å². The molecule has 0 aliphatic carbocycles. The summed E-state index contributed by atoms with van der Waals surface area (Å²) < 4.78 is 12.0. The van der Waals surface area contributed by atoms with Crippen molar-refractivity contribution in [2.24, 2.45) is 10.7 Å². The van der Waals surface area contributed by atoms with Crippen LogP contribution in [0, 0.1) is 11.3 Å². The Balaban J connectivity index is 1.41. The van der Waals surface area contributed by atoms with Crippen LogP contribution in [-0.4, -0.2) is 70.9 Å². The Labute approximate surface area is 188 Å². The van der Waals surface area contributed by atoms with Gasteiger partial charge in [0.2, 0.25) is 5.95 Å². The van der Waals surface area contributed by atoms with Crippen LogP contribution in [0.15, 0.2) is 35.2 Å². The summed E-state index contributed by atoms with van der Waals surface area (Å²) in [5, 5.41) is 26.6. The van der Waals surface area contributed by atoms with E-state index >= 15 is 0 Å². The Bertz CT molecular complexity index is 1060. The van der Waals surface area contributed by atoms with Gasteiger partial charge >= 0.3 is 0 Å². The Morgan fingerprint density at radius 3 is 2.62 bits per heavy atom. The molecule has 0 aromatic carbocycles. The smallest absolute Gasteiger partial charge is 0.229 e. The molecule has 4 heterocycles. The number of allylic oxidation sites excluding steroid dienone is 1. The van der Waals surface area contributed by atoms with Gasteiger partial charge in [-0.25, -0.2) is 4.98 Å². The lowest BCUT2D eigenvalue weighted by molar-refractivity contribution is 0.0707. The van der Waals surface area contributed by atoms with Gasteiger partial charge in [-0.05, 0) is 12.1 Å². The second-order valence-electron chi connectivity index (χ2n) is 7.04. The van der Waals surface area contributed by atoms with Gasteiger partial charge in [-0.1, -0.05) is 11.6 Å². The van der Waals surface area contributed by atoms with Crippen LogP contribution in [0.4, 0.5) is 17.6 Å². The SMILES string of the molecule is CN=CC(=CN)Nc1ncc(Cl)c(NC2COC3C(Nc4ccc(C#N)nn4)COC23)n1. The highest BCUT2D eigenvalue weighted by Gasteiger charge is 2.48. The minimum Gasteiger partial charge on any atom is -0.403 e. The fourth-order valence-corrected chi connectivity index (χ4v) is 3.64. The fourth-order valence-electron chi connectivity index (χ4n) is 3.49. The molecule has 2 aromatic rings. The first-order valence-electron chi connectivity index (χ1n) is 9.75. The normalized spacial score (nSPS) is 24.8. The van der Waals surface area contributed by atoms with Crippen molar-refractivity contribution in [3.63, 3.8) is 0 Å². The van der Waals surface area contributed by atoms with Crippen LogP contribution in [0.25, 0.3) is 0 Å². The van der Waals surface area contributed by atoms with Crippen molar-refractivity contribution in [1.29, 1.82) is 5.26 Å². The first kappa shape index (κ1) is 21.7. The third-order valence-corrected chi connectivity index (χ3v) is 5.21. The summed E-state index contributed by atoms with van der Waals surface area (Å²) in [6.07, 6.45) is 4.00. The maximum absolute atomic E-state index is 8.85. The summed E-state index contributed by atoms with van der Waals surface area (Å²) in [6.45, 7) is 0.840. The largest absolute Gasteiger partial charge is 0.403 e. The van der Waals surface area contributed by atoms with Crippen LogP contribution in [0.3, 0.4) is 0 Å². The van der Waals surface area contributed by atoms with Crippen molar-refractivity contribution in [2.45, 2.75) is 24.3 Å². The molecule has 5 N–H and O–H groups in total. The van der Waals surface area contributed by atoms with Gasteiger partial charge in [0.15, 0.2) is 11.5 Å². The molecule has 0 bridgehead atoms. The van der Waals surface area contributed by atoms with E-state index in [2.05, 4.69) is 41.1 Å². The Morgan fingerprint density at radius 2 is 2.00 bits per heavy atom. The number of nitrogens with zero attached hydrogens (tertiary/aromatic N) is 6. The topological polar surface area (TPSA) is 168 Å². The molecule has 12 nitrogen and oxygen atoms in total. The van der Waals surface area contributed by atoms with Gasteiger partial charge in [0.25, 0.3) is 0 Å². The fraction of sp³-hybridized carbons (Fsp3) is 0.368. The first-order valence-corrected chi connectivity index (χ1v) is 10.1. The number of nitriles is 1. The number of hydrogen-bond donors (Lipinski definition) is 4. The van der Waals surface area contributed by atoms with Crippen molar-refractivity contribution in [3.8, 4) is 6.07 Å². The number of halogens is 1. The van der Waals surface area contributed by atoms with Crippen LogP contribution in [0.5, 0.6) is 0 Å². The van der Waals surface area contributed by atoms with E-state index in [1.807, 2.05) is 6.07 Å². The van der Waals surface area contributed by atoms with Gasteiger partial charge in [0, 0.05) is 19.5 Å². The van der Waals surface area contributed by atoms with E-state index in [4.69, 9.17) is 32.1 Å². The minimum absolute atomic E-state index is 0.113. The molecule has 13 heteroatoms. The van der Waals surface area contributed by atoms with E-state index in [0.29, 0.717) is 41.5 Å². The minimum atomic E-state index is -0.215. The van der Waals surface area contributed by atoms with Gasteiger partial charge in [0.05, 0.1) is 37.2 Å². The third-order valence-electron chi connectivity index (χ3n) is 4.94. The lowest BCUT2D eigenvalue weighted by Gasteiger charge is -2.19. The molecule has 0 amide bonds. The van der Waals surface area contributed by atoms with Crippen LogP contribution in [0.1, 0.15) is 5.69 Å². The molecule has 4 rings (SSSR count). The molecule has 2 aliphatic rings. The van der Waals surface area contributed by atoms with Crippen molar-refractivity contribution in [1.82, 2.24) is 20.2 Å². The second-order valence-corrected chi connectivity index (χ2v) is 7.44. The van der Waals surface area contributed by atoms with Crippen LogP contribution < -0.4 is 21.7 Å². The Kier molecular flexibility index (Phi) is 6.60.